The Bertz CT molecular complexity index is 778. The predicted molar refractivity (Wildman–Crippen MR) is 109 cm³/mol. The molecule has 1 saturated heterocycles. The Kier molecular flexibility index (Phi) is 6.83. The molecule has 1 aliphatic carbocycles. The van der Waals surface area contributed by atoms with Gasteiger partial charge < -0.3 is 19.7 Å². The molecular weight excluding hydrogens is 380 g/mol. The van der Waals surface area contributed by atoms with Gasteiger partial charge in [0.2, 0.25) is 11.8 Å². The van der Waals surface area contributed by atoms with E-state index in [1.165, 1.54) is 32.6 Å². The van der Waals surface area contributed by atoms with Crippen LogP contribution in [0.1, 0.15) is 38.5 Å². The van der Waals surface area contributed by atoms with Crippen molar-refractivity contribution in [2.45, 2.75) is 38.5 Å². The van der Waals surface area contributed by atoms with Crippen molar-refractivity contribution in [1.82, 2.24) is 5.32 Å². The van der Waals surface area contributed by atoms with Crippen LogP contribution in [0.15, 0.2) is 23.8 Å². The lowest BCUT2D eigenvalue weighted by molar-refractivity contribution is -0.126. The molecule has 1 heterocycles. The molecule has 7 heteroatoms. The van der Waals surface area contributed by atoms with Crippen LogP contribution in [0.4, 0.5) is 5.69 Å². The third-order valence-corrected chi connectivity index (χ3v) is 5.67. The number of hydrogen-bond donors (Lipinski definition) is 1. The number of anilines is 1. The fourth-order valence-corrected chi connectivity index (χ4v) is 4.03. The summed E-state index contributed by atoms with van der Waals surface area (Å²) in [5.41, 5.74) is 1.98. The Balaban J connectivity index is 1.62. The van der Waals surface area contributed by atoms with Gasteiger partial charge in [0.15, 0.2) is 0 Å². The van der Waals surface area contributed by atoms with Crippen LogP contribution in [-0.2, 0) is 9.59 Å². The smallest absolute Gasteiger partial charge is 0.227 e. The lowest BCUT2D eigenvalue weighted by atomic mass is 9.97. The molecule has 2 aliphatic rings. The van der Waals surface area contributed by atoms with E-state index in [1.807, 2.05) is 0 Å². The third kappa shape index (κ3) is 4.61. The Morgan fingerprint density at radius 3 is 2.71 bits per heavy atom. The number of ether oxygens (including phenoxy) is 2. The highest BCUT2D eigenvalue weighted by molar-refractivity contribution is 6.32. The molecule has 0 saturated carbocycles. The van der Waals surface area contributed by atoms with Crippen LogP contribution in [0.5, 0.6) is 11.5 Å². The van der Waals surface area contributed by atoms with Gasteiger partial charge in [0.25, 0.3) is 0 Å². The van der Waals surface area contributed by atoms with Gasteiger partial charge in [-0.1, -0.05) is 23.3 Å². The molecule has 0 bridgehead atoms. The molecule has 1 atom stereocenters. The van der Waals surface area contributed by atoms with Gasteiger partial charge in [0.05, 0.1) is 30.8 Å². The van der Waals surface area contributed by atoms with Gasteiger partial charge in [-0.25, -0.2) is 0 Å². The van der Waals surface area contributed by atoms with Crippen LogP contribution in [0.2, 0.25) is 5.02 Å². The topological polar surface area (TPSA) is 67.9 Å². The molecule has 1 fully saturated rings. The van der Waals surface area contributed by atoms with Gasteiger partial charge in [-0.3, -0.25) is 9.59 Å². The standard InChI is InChI=1S/C21H27ClN2O4/c1-27-18-12-19(28-2)17(11-16(18)22)24-13-15(10-20(24)25)21(26)23-9-8-14-6-4-3-5-7-14/h6,11-12,15H,3-5,7-10,13H2,1-2H3,(H,23,26)/t15-/m0/s1. The van der Waals surface area contributed by atoms with Crippen LogP contribution in [0.3, 0.4) is 0 Å². The summed E-state index contributed by atoms with van der Waals surface area (Å²) >= 11 is 6.22. The van der Waals surface area contributed by atoms with E-state index < -0.39 is 0 Å². The first-order chi connectivity index (χ1) is 13.5. The average molecular weight is 407 g/mol. The maximum atomic E-state index is 12.6. The first-order valence-corrected chi connectivity index (χ1v) is 10.1. The summed E-state index contributed by atoms with van der Waals surface area (Å²) in [4.78, 5) is 26.7. The molecule has 3 rings (SSSR count). The van der Waals surface area contributed by atoms with E-state index in [4.69, 9.17) is 21.1 Å². The number of hydrogen-bond acceptors (Lipinski definition) is 4. The summed E-state index contributed by atoms with van der Waals surface area (Å²) < 4.78 is 10.6. The number of nitrogens with one attached hydrogen (secondary N) is 1. The highest BCUT2D eigenvalue weighted by Gasteiger charge is 2.36. The first kappa shape index (κ1) is 20.5. The molecule has 0 aromatic heterocycles. The van der Waals surface area contributed by atoms with E-state index in [0.717, 1.165) is 19.3 Å². The second-order valence-corrected chi connectivity index (χ2v) is 7.62. The third-order valence-electron chi connectivity index (χ3n) is 5.37. The van der Waals surface area contributed by atoms with Crippen molar-refractivity contribution in [1.29, 1.82) is 0 Å². The molecule has 152 valence electrons. The molecule has 0 radical (unpaired) electrons. The zero-order chi connectivity index (χ0) is 20.1. The van der Waals surface area contributed by atoms with E-state index in [1.54, 1.807) is 17.0 Å². The largest absolute Gasteiger partial charge is 0.495 e. The minimum atomic E-state index is -0.376. The molecule has 0 spiro atoms. The highest BCUT2D eigenvalue weighted by Crippen LogP contribution is 2.40. The SMILES string of the molecule is COc1cc(OC)c(N2C[C@@H](C(=O)NCCC3=CCCCC3)CC2=O)cc1Cl. The number of benzene rings is 1. The Hall–Kier alpha value is -2.21. The quantitative estimate of drug-likeness (QED) is 0.701. The fourth-order valence-electron chi connectivity index (χ4n) is 3.79. The van der Waals surface area contributed by atoms with Crippen molar-refractivity contribution in [2.24, 2.45) is 5.92 Å². The number of carbonyl (C=O) groups is 2. The first-order valence-electron chi connectivity index (χ1n) is 9.71. The number of nitrogens with zero attached hydrogens (tertiary/aromatic N) is 1. The van der Waals surface area contributed by atoms with Crippen LogP contribution in [0, 0.1) is 5.92 Å². The number of allylic oxidation sites excluding steroid dienone is 1. The molecule has 28 heavy (non-hydrogen) atoms. The summed E-state index contributed by atoms with van der Waals surface area (Å²) in [6.07, 6.45) is 8.12. The molecule has 1 N–H and O–H groups in total. The van der Waals surface area contributed by atoms with Crippen LogP contribution in [-0.4, -0.2) is 39.1 Å². The molecule has 1 aromatic carbocycles. The monoisotopic (exact) mass is 406 g/mol. The van der Waals surface area contributed by atoms with Gasteiger partial charge in [-0.05, 0) is 38.2 Å². The van der Waals surface area contributed by atoms with Crippen LogP contribution < -0.4 is 19.7 Å². The molecule has 1 aliphatic heterocycles. The zero-order valence-corrected chi connectivity index (χ0v) is 17.2. The summed E-state index contributed by atoms with van der Waals surface area (Å²) in [5.74, 6) is 0.388. The highest BCUT2D eigenvalue weighted by atomic mass is 35.5. The summed E-state index contributed by atoms with van der Waals surface area (Å²) in [6.45, 7) is 0.930. The summed E-state index contributed by atoms with van der Waals surface area (Å²) in [6, 6.07) is 3.29. The van der Waals surface area contributed by atoms with E-state index in [2.05, 4.69) is 11.4 Å². The molecule has 0 unspecified atom stereocenters. The molecule has 2 amide bonds. The van der Waals surface area contributed by atoms with Crippen molar-refractivity contribution in [2.75, 3.05) is 32.2 Å². The van der Waals surface area contributed by atoms with Crippen molar-refractivity contribution in [3.05, 3.63) is 28.8 Å². The van der Waals surface area contributed by atoms with Gasteiger partial charge in [0.1, 0.15) is 11.5 Å². The number of halogens is 1. The minimum absolute atomic E-state index is 0.0779. The number of carbonyl (C=O) groups excluding carboxylic acids is 2. The fraction of sp³-hybridized carbons (Fsp3) is 0.524. The van der Waals surface area contributed by atoms with Crippen molar-refractivity contribution in [3.8, 4) is 11.5 Å². The van der Waals surface area contributed by atoms with Gasteiger partial charge in [-0.15, -0.1) is 0 Å². The van der Waals surface area contributed by atoms with Crippen molar-refractivity contribution >= 4 is 29.1 Å². The summed E-state index contributed by atoms with van der Waals surface area (Å²) in [7, 11) is 3.04. The van der Waals surface area contributed by atoms with Gasteiger partial charge >= 0.3 is 0 Å². The van der Waals surface area contributed by atoms with E-state index in [9.17, 15) is 9.59 Å². The van der Waals surface area contributed by atoms with Crippen LogP contribution >= 0.6 is 11.6 Å². The maximum Gasteiger partial charge on any atom is 0.227 e. The zero-order valence-electron chi connectivity index (χ0n) is 16.4. The van der Waals surface area contributed by atoms with E-state index >= 15 is 0 Å². The number of rotatable bonds is 7. The normalized spacial score (nSPS) is 19.4. The maximum absolute atomic E-state index is 12.6. The Labute approximate surface area is 170 Å². The Morgan fingerprint density at radius 1 is 1.25 bits per heavy atom. The van der Waals surface area contributed by atoms with Crippen molar-refractivity contribution < 1.29 is 19.1 Å². The Morgan fingerprint density at radius 2 is 2.04 bits per heavy atom. The summed E-state index contributed by atoms with van der Waals surface area (Å²) in [5, 5.41) is 3.38. The van der Waals surface area contributed by atoms with E-state index in [0.29, 0.717) is 35.3 Å². The van der Waals surface area contributed by atoms with Gasteiger partial charge in [-0.2, -0.15) is 0 Å². The molecular formula is C21H27ClN2O4. The average Bonchev–Trinajstić information content (AvgIpc) is 3.10. The predicted octanol–water partition coefficient (Wildman–Crippen LogP) is 3.72. The molecule has 6 nitrogen and oxygen atoms in total. The second kappa shape index (κ2) is 9.32. The lowest BCUT2D eigenvalue weighted by Gasteiger charge is -2.21. The second-order valence-electron chi connectivity index (χ2n) is 7.21. The minimum Gasteiger partial charge on any atom is -0.495 e. The van der Waals surface area contributed by atoms with E-state index in [-0.39, 0.29) is 24.2 Å². The number of methoxy groups -OCH3 is 2. The lowest BCUT2D eigenvalue weighted by Crippen LogP contribution is -2.33. The number of amides is 2. The van der Waals surface area contributed by atoms with Crippen LogP contribution in [0.25, 0.3) is 0 Å². The van der Waals surface area contributed by atoms with Gasteiger partial charge in [0, 0.05) is 25.6 Å². The molecule has 1 aromatic rings. The van der Waals surface area contributed by atoms with Crippen molar-refractivity contribution in [3.63, 3.8) is 0 Å².